The third kappa shape index (κ3) is 3.54. The molecule has 9 heteroatoms. The Bertz CT molecular complexity index is 781. The minimum absolute atomic E-state index is 0.190. The van der Waals surface area contributed by atoms with E-state index in [9.17, 15) is 4.79 Å². The molecule has 1 amide bonds. The Hall–Kier alpha value is -2.71. The van der Waals surface area contributed by atoms with Crippen LogP contribution >= 0.6 is 0 Å². The molecule has 25 heavy (non-hydrogen) atoms. The van der Waals surface area contributed by atoms with Gasteiger partial charge in [0.05, 0.1) is 24.9 Å². The van der Waals surface area contributed by atoms with Crippen LogP contribution in [0.3, 0.4) is 0 Å². The maximum Gasteiger partial charge on any atom is 0.321 e. The van der Waals surface area contributed by atoms with E-state index in [0.29, 0.717) is 23.0 Å². The number of methoxy groups -OCH3 is 1. The number of aryl methyl sites for hydroxylation is 2. The van der Waals surface area contributed by atoms with Gasteiger partial charge in [0.2, 0.25) is 5.95 Å². The second-order valence-corrected chi connectivity index (χ2v) is 6.08. The first-order valence-corrected chi connectivity index (χ1v) is 8.32. The first-order chi connectivity index (χ1) is 12.0. The smallest absolute Gasteiger partial charge is 0.321 e. The van der Waals surface area contributed by atoms with Crippen LogP contribution in [0.2, 0.25) is 0 Å². The van der Waals surface area contributed by atoms with Crippen molar-refractivity contribution in [2.24, 2.45) is 7.05 Å². The zero-order chi connectivity index (χ0) is 18.0. The predicted molar refractivity (Wildman–Crippen MR) is 91.7 cm³/mol. The number of anilines is 1. The fourth-order valence-corrected chi connectivity index (χ4v) is 2.97. The minimum Gasteiger partial charge on any atom is -0.467 e. The largest absolute Gasteiger partial charge is 0.467 e. The van der Waals surface area contributed by atoms with Gasteiger partial charge in [-0.05, 0) is 26.7 Å². The number of rotatable bonds is 5. The highest BCUT2D eigenvalue weighted by atomic mass is 16.5. The van der Waals surface area contributed by atoms with Crippen molar-refractivity contribution < 1.29 is 9.53 Å². The molecule has 2 aromatic heterocycles. The summed E-state index contributed by atoms with van der Waals surface area (Å²) < 4.78 is 6.87. The zero-order valence-corrected chi connectivity index (χ0v) is 15.0. The minimum atomic E-state index is -0.190. The summed E-state index contributed by atoms with van der Waals surface area (Å²) in [6.07, 6.45) is 2.25. The van der Waals surface area contributed by atoms with Gasteiger partial charge in [-0.2, -0.15) is 20.1 Å². The summed E-state index contributed by atoms with van der Waals surface area (Å²) in [6, 6.07) is 0.259. The number of aromatic nitrogens is 5. The standard InChI is InChI=1S/C16H23N7O2/c1-10-13(11(2)22(3)21-10)14(24)17-9-12-18-15(20-16(19-12)25-4)23-7-5-6-8-23/h5-9H2,1-4H3,(H,17,24). The zero-order valence-electron chi connectivity index (χ0n) is 15.0. The van der Waals surface area contributed by atoms with E-state index in [-0.39, 0.29) is 18.5 Å². The van der Waals surface area contributed by atoms with Gasteiger partial charge in [-0.1, -0.05) is 0 Å². The number of ether oxygens (including phenoxy) is 1. The Morgan fingerprint density at radius 1 is 1.20 bits per heavy atom. The molecule has 0 atom stereocenters. The van der Waals surface area contributed by atoms with Crippen LogP contribution in [-0.4, -0.2) is 50.8 Å². The van der Waals surface area contributed by atoms with E-state index in [1.807, 2.05) is 20.9 Å². The van der Waals surface area contributed by atoms with E-state index in [1.54, 1.807) is 4.68 Å². The molecule has 0 aromatic carbocycles. The summed E-state index contributed by atoms with van der Waals surface area (Å²) in [5.41, 5.74) is 2.10. The molecule has 1 saturated heterocycles. The maximum atomic E-state index is 12.5. The van der Waals surface area contributed by atoms with Crippen molar-refractivity contribution in [1.29, 1.82) is 0 Å². The fraction of sp³-hybridized carbons (Fsp3) is 0.562. The predicted octanol–water partition coefficient (Wildman–Crippen LogP) is 0.761. The number of nitrogens with one attached hydrogen (secondary N) is 1. The van der Waals surface area contributed by atoms with Crippen LogP contribution < -0.4 is 15.0 Å². The number of carbonyl (C=O) groups excluding carboxylic acids is 1. The normalized spacial score (nSPS) is 14.0. The topological polar surface area (TPSA) is 98.1 Å². The number of hydrogen-bond donors (Lipinski definition) is 1. The Labute approximate surface area is 146 Å². The van der Waals surface area contributed by atoms with Gasteiger partial charge in [0.25, 0.3) is 5.91 Å². The molecule has 1 fully saturated rings. The van der Waals surface area contributed by atoms with E-state index in [4.69, 9.17) is 4.74 Å². The highest BCUT2D eigenvalue weighted by Crippen LogP contribution is 2.18. The molecule has 0 saturated carbocycles. The highest BCUT2D eigenvalue weighted by Gasteiger charge is 2.20. The Kier molecular flexibility index (Phi) is 4.82. The molecule has 3 heterocycles. The van der Waals surface area contributed by atoms with E-state index < -0.39 is 0 Å². The fourth-order valence-electron chi connectivity index (χ4n) is 2.97. The molecular formula is C16H23N7O2. The van der Waals surface area contributed by atoms with Crippen molar-refractivity contribution in [2.45, 2.75) is 33.2 Å². The number of carbonyl (C=O) groups is 1. The number of nitrogens with zero attached hydrogens (tertiary/aromatic N) is 6. The molecule has 1 aliphatic rings. The van der Waals surface area contributed by atoms with Crippen LogP contribution in [0.15, 0.2) is 0 Å². The lowest BCUT2D eigenvalue weighted by Gasteiger charge is -2.16. The molecule has 0 unspecified atom stereocenters. The number of hydrogen-bond acceptors (Lipinski definition) is 7. The third-order valence-corrected chi connectivity index (χ3v) is 4.36. The molecule has 0 spiro atoms. The molecular weight excluding hydrogens is 322 g/mol. The maximum absolute atomic E-state index is 12.5. The first kappa shape index (κ1) is 17.1. The van der Waals surface area contributed by atoms with Crippen molar-refractivity contribution in [3.63, 3.8) is 0 Å². The van der Waals surface area contributed by atoms with Gasteiger partial charge in [0, 0.05) is 25.8 Å². The highest BCUT2D eigenvalue weighted by molar-refractivity contribution is 5.96. The summed E-state index contributed by atoms with van der Waals surface area (Å²) in [4.78, 5) is 27.6. The Balaban J connectivity index is 1.76. The molecule has 0 radical (unpaired) electrons. The quantitative estimate of drug-likeness (QED) is 0.854. The SMILES string of the molecule is COc1nc(CNC(=O)c2c(C)nn(C)c2C)nc(N2CCCC2)n1. The van der Waals surface area contributed by atoms with Crippen molar-refractivity contribution in [3.8, 4) is 6.01 Å². The van der Waals surface area contributed by atoms with E-state index in [0.717, 1.165) is 31.6 Å². The van der Waals surface area contributed by atoms with Crippen molar-refractivity contribution in [1.82, 2.24) is 30.0 Å². The second-order valence-electron chi connectivity index (χ2n) is 6.08. The molecule has 9 nitrogen and oxygen atoms in total. The molecule has 3 rings (SSSR count). The van der Waals surface area contributed by atoms with Crippen LogP contribution in [0.4, 0.5) is 5.95 Å². The van der Waals surface area contributed by atoms with Crippen molar-refractivity contribution in [3.05, 3.63) is 22.8 Å². The molecule has 134 valence electrons. The van der Waals surface area contributed by atoms with Gasteiger partial charge in [-0.25, -0.2) is 0 Å². The third-order valence-electron chi connectivity index (χ3n) is 4.36. The second kappa shape index (κ2) is 7.04. The average Bonchev–Trinajstić information content (AvgIpc) is 3.21. The van der Waals surface area contributed by atoms with Crippen molar-refractivity contribution in [2.75, 3.05) is 25.1 Å². The molecule has 2 aromatic rings. The lowest BCUT2D eigenvalue weighted by atomic mass is 10.2. The summed E-state index contributed by atoms with van der Waals surface area (Å²) >= 11 is 0. The lowest BCUT2D eigenvalue weighted by molar-refractivity contribution is 0.0948. The molecule has 0 aliphatic carbocycles. The van der Waals surface area contributed by atoms with Gasteiger partial charge in [-0.15, -0.1) is 0 Å². The number of amides is 1. The summed E-state index contributed by atoms with van der Waals surface area (Å²) in [7, 11) is 3.34. The lowest BCUT2D eigenvalue weighted by Crippen LogP contribution is -2.27. The van der Waals surface area contributed by atoms with Gasteiger partial charge >= 0.3 is 6.01 Å². The van der Waals surface area contributed by atoms with Crippen LogP contribution in [0, 0.1) is 13.8 Å². The van der Waals surface area contributed by atoms with Gasteiger partial charge in [-0.3, -0.25) is 9.48 Å². The van der Waals surface area contributed by atoms with Crippen LogP contribution in [0.25, 0.3) is 0 Å². The Morgan fingerprint density at radius 3 is 2.52 bits per heavy atom. The summed E-state index contributed by atoms with van der Waals surface area (Å²) in [5.74, 6) is 0.883. The van der Waals surface area contributed by atoms with Crippen LogP contribution in [0.1, 0.15) is 40.4 Å². The monoisotopic (exact) mass is 345 g/mol. The van der Waals surface area contributed by atoms with Gasteiger partial charge in [0.1, 0.15) is 0 Å². The average molecular weight is 345 g/mol. The van der Waals surface area contributed by atoms with Crippen LogP contribution in [-0.2, 0) is 13.6 Å². The Morgan fingerprint density at radius 2 is 1.92 bits per heavy atom. The summed E-state index contributed by atoms with van der Waals surface area (Å²) in [6.45, 7) is 5.73. The van der Waals surface area contributed by atoms with Crippen LogP contribution in [0.5, 0.6) is 6.01 Å². The molecule has 1 N–H and O–H groups in total. The van der Waals surface area contributed by atoms with Gasteiger partial charge in [0.15, 0.2) is 5.82 Å². The van der Waals surface area contributed by atoms with E-state index in [2.05, 4.69) is 30.3 Å². The first-order valence-electron chi connectivity index (χ1n) is 8.32. The van der Waals surface area contributed by atoms with E-state index in [1.165, 1.54) is 7.11 Å². The molecule has 0 bridgehead atoms. The molecule has 1 aliphatic heterocycles. The van der Waals surface area contributed by atoms with E-state index >= 15 is 0 Å². The van der Waals surface area contributed by atoms with Crippen molar-refractivity contribution >= 4 is 11.9 Å². The summed E-state index contributed by atoms with van der Waals surface area (Å²) in [5, 5.41) is 7.13. The van der Waals surface area contributed by atoms with Gasteiger partial charge < -0.3 is 15.0 Å².